The number of sulfone groups is 1. The Kier molecular flexibility index (Phi) is 5.14. The van der Waals surface area contributed by atoms with Gasteiger partial charge in [-0.2, -0.15) is 5.10 Å². The summed E-state index contributed by atoms with van der Waals surface area (Å²) >= 11 is 0. The van der Waals surface area contributed by atoms with Gasteiger partial charge in [0.15, 0.2) is 15.5 Å². The number of nitrogens with zero attached hydrogens (tertiary/aromatic N) is 3. The van der Waals surface area contributed by atoms with Crippen molar-refractivity contribution in [1.82, 2.24) is 14.7 Å². The van der Waals surface area contributed by atoms with Crippen LogP contribution in [0.2, 0.25) is 0 Å². The lowest BCUT2D eigenvalue weighted by atomic mass is 10.1. The van der Waals surface area contributed by atoms with Crippen LogP contribution in [0.5, 0.6) is 5.75 Å². The van der Waals surface area contributed by atoms with E-state index in [2.05, 4.69) is 5.10 Å². The minimum absolute atomic E-state index is 0.0647. The first-order valence-corrected chi connectivity index (χ1v) is 11.5. The van der Waals surface area contributed by atoms with E-state index in [4.69, 9.17) is 4.74 Å². The maximum Gasteiger partial charge on any atom is 0.274 e. The van der Waals surface area contributed by atoms with Gasteiger partial charge in [-0.1, -0.05) is 0 Å². The minimum Gasteiger partial charge on any atom is -0.497 e. The van der Waals surface area contributed by atoms with Gasteiger partial charge in [0.05, 0.1) is 30.4 Å². The predicted molar refractivity (Wildman–Crippen MR) is 106 cm³/mol. The molecule has 3 heterocycles. The number of benzene rings is 1. The molecule has 1 aromatic carbocycles. The number of hydrogen-bond donors (Lipinski definition) is 0. The number of likely N-dealkylation sites (tertiary alicyclic amines) is 1. The number of amides is 1. The first kappa shape index (κ1) is 19.0. The topological polar surface area (TPSA) is 81.5 Å². The molecule has 0 spiro atoms. The molecule has 0 N–H and O–H groups in total. The van der Waals surface area contributed by atoms with Crippen molar-refractivity contribution in [1.29, 1.82) is 0 Å². The van der Waals surface area contributed by atoms with Crippen LogP contribution in [0.25, 0.3) is 11.3 Å². The van der Waals surface area contributed by atoms with Crippen LogP contribution in [0, 0.1) is 0 Å². The molecule has 1 aromatic heterocycles. The molecule has 2 aliphatic heterocycles. The van der Waals surface area contributed by atoms with Crippen LogP contribution in [0.4, 0.5) is 0 Å². The third-order valence-corrected chi connectivity index (χ3v) is 7.29. The summed E-state index contributed by atoms with van der Waals surface area (Å²) in [5.41, 5.74) is 2.04. The molecule has 2 aromatic rings. The number of piperidine rings is 1. The first-order valence-electron chi connectivity index (χ1n) is 9.70. The molecule has 150 valence electrons. The molecule has 0 aliphatic carbocycles. The van der Waals surface area contributed by atoms with Crippen molar-refractivity contribution in [2.45, 2.75) is 31.7 Å². The van der Waals surface area contributed by atoms with E-state index in [0.717, 1.165) is 49.4 Å². The molecule has 2 aliphatic rings. The highest BCUT2D eigenvalue weighted by molar-refractivity contribution is 7.91. The molecule has 2 saturated heterocycles. The van der Waals surface area contributed by atoms with Crippen molar-refractivity contribution >= 4 is 15.7 Å². The Morgan fingerprint density at radius 3 is 2.46 bits per heavy atom. The summed E-state index contributed by atoms with van der Waals surface area (Å²) in [6, 6.07) is 9.07. The van der Waals surface area contributed by atoms with Crippen LogP contribution in [-0.2, 0) is 9.84 Å². The van der Waals surface area contributed by atoms with Crippen LogP contribution < -0.4 is 4.74 Å². The third-order valence-electron chi connectivity index (χ3n) is 5.54. The lowest BCUT2D eigenvalue weighted by Crippen LogP contribution is -2.35. The molecule has 1 atom stereocenters. The molecular formula is C20H25N3O4S. The summed E-state index contributed by atoms with van der Waals surface area (Å²) in [5.74, 6) is 0.890. The Morgan fingerprint density at radius 2 is 1.86 bits per heavy atom. The van der Waals surface area contributed by atoms with E-state index in [1.807, 2.05) is 29.2 Å². The Labute approximate surface area is 165 Å². The predicted octanol–water partition coefficient (Wildman–Crippen LogP) is 2.54. The highest BCUT2D eigenvalue weighted by Crippen LogP contribution is 2.31. The number of rotatable bonds is 4. The maximum absolute atomic E-state index is 13.0. The van der Waals surface area contributed by atoms with Crippen molar-refractivity contribution in [2.24, 2.45) is 0 Å². The number of hydrogen-bond acceptors (Lipinski definition) is 5. The van der Waals surface area contributed by atoms with Crippen LogP contribution >= 0.6 is 0 Å². The van der Waals surface area contributed by atoms with E-state index in [9.17, 15) is 13.2 Å². The Hall–Kier alpha value is -2.35. The Morgan fingerprint density at radius 1 is 1.14 bits per heavy atom. The number of aromatic nitrogens is 2. The zero-order valence-electron chi connectivity index (χ0n) is 16.0. The molecule has 1 amide bonds. The van der Waals surface area contributed by atoms with Gasteiger partial charge in [-0.05, 0) is 56.0 Å². The van der Waals surface area contributed by atoms with Gasteiger partial charge < -0.3 is 9.64 Å². The summed E-state index contributed by atoms with van der Waals surface area (Å²) in [6.45, 7) is 1.50. The summed E-state index contributed by atoms with van der Waals surface area (Å²) in [6.07, 6.45) is 3.69. The fraction of sp³-hybridized carbons (Fsp3) is 0.500. The van der Waals surface area contributed by atoms with Crippen molar-refractivity contribution < 1.29 is 17.9 Å². The standard InChI is InChI=1S/C20H25N3O4S/c1-27-17-7-5-15(6-8-17)19-13-18(20(24)22-10-3-2-4-11-22)21-23(19)16-9-12-28(25,26)14-16/h5-8,13,16H,2-4,9-12,14H2,1H3. The van der Waals surface area contributed by atoms with Crippen molar-refractivity contribution in [3.63, 3.8) is 0 Å². The van der Waals surface area contributed by atoms with E-state index in [1.54, 1.807) is 17.9 Å². The van der Waals surface area contributed by atoms with Gasteiger partial charge in [-0.3, -0.25) is 9.48 Å². The van der Waals surface area contributed by atoms with Crippen LogP contribution in [0.3, 0.4) is 0 Å². The molecule has 0 radical (unpaired) electrons. The molecule has 0 saturated carbocycles. The second kappa shape index (κ2) is 7.58. The van der Waals surface area contributed by atoms with Gasteiger partial charge in [0.2, 0.25) is 0 Å². The quantitative estimate of drug-likeness (QED) is 0.784. The number of carbonyl (C=O) groups excluding carboxylic acids is 1. The maximum atomic E-state index is 13.0. The van der Waals surface area contributed by atoms with Gasteiger partial charge in [0, 0.05) is 18.7 Å². The minimum atomic E-state index is -3.06. The second-order valence-electron chi connectivity index (χ2n) is 7.50. The highest BCUT2D eigenvalue weighted by atomic mass is 32.2. The van der Waals surface area contributed by atoms with Crippen molar-refractivity contribution in [3.05, 3.63) is 36.0 Å². The van der Waals surface area contributed by atoms with Crippen LogP contribution in [0.15, 0.2) is 30.3 Å². The second-order valence-corrected chi connectivity index (χ2v) is 9.73. The highest BCUT2D eigenvalue weighted by Gasteiger charge is 2.32. The fourth-order valence-electron chi connectivity index (χ4n) is 3.98. The van der Waals surface area contributed by atoms with Gasteiger partial charge >= 0.3 is 0 Å². The van der Waals surface area contributed by atoms with E-state index in [1.165, 1.54) is 0 Å². The molecule has 1 unspecified atom stereocenters. The number of methoxy groups -OCH3 is 1. The fourth-order valence-corrected chi connectivity index (χ4v) is 5.67. The Balaban J connectivity index is 1.71. The first-order chi connectivity index (χ1) is 13.5. The number of carbonyl (C=O) groups is 1. The average molecular weight is 404 g/mol. The normalized spacial score (nSPS) is 21.6. The smallest absolute Gasteiger partial charge is 0.274 e. The lowest BCUT2D eigenvalue weighted by Gasteiger charge is -2.25. The third kappa shape index (κ3) is 3.78. The lowest BCUT2D eigenvalue weighted by molar-refractivity contribution is 0.0717. The van der Waals surface area contributed by atoms with Crippen LogP contribution in [0.1, 0.15) is 42.2 Å². The largest absolute Gasteiger partial charge is 0.497 e. The molecular weight excluding hydrogens is 378 g/mol. The molecule has 2 fully saturated rings. The summed E-state index contributed by atoms with van der Waals surface area (Å²) in [5, 5.41) is 4.58. The van der Waals surface area contributed by atoms with Gasteiger partial charge in [-0.15, -0.1) is 0 Å². The average Bonchev–Trinajstić information content (AvgIpc) is 3.31. The molecule has 7 nitrogen and oxygen atoms in total. The SMILES string of the molecule is COc1ccc(-c2cc(C(=O)N3CCCCC3)nn2C2CCS(=O)(=O)C2)cc1. The number of ether oxygens (including phenoxy) is 1. The zero-order chi connectivity index (χ0) is 19.7. The molecule has 0 bridgehead atoms. The molecule has 8 heteroatoms. The monoisotopic (exact) mass is 403 g/mol. The van der Waals surface area contributed by atoms with Crippen molar-refractivity contribution in [2.75, 3.05) is 31.7 Å². The van der Waals surface area contributed by atoms with E-state index < -0.39 is 9.84 Å². The summed E-state index contributed by atoms with van der Waals surface area (Å²) in [7, 11) is -1.45. The van der Waals surface area contributed by atoms with Crippen molar-refractivity contribution in [3.8, 4) is 17.0 Å². The zero-order valence-corrected chi connectivity index (χ0v) is 16.8. The van der Waals surface area contributed by atoms with Gasteiger partial charge in [-0.25, -0.2) is 8.42 Å². The van der Waals surface area contributed by atoms with Crippen LogP contribution in [-0.4, -0.2) is 60.7 Å². The van der Waals surface area contributed by atoms with E-state index >= 15 is 0 Å². The molecule has 4 rings (SSSR count). The molecule has 28 heavy (non-hydrogen) atoms. The van der Waals surface area contributed by atoms with Gasteiger partial charge in [0.25, 0.3) is 5.91 Å². The van der Waals surface area contributed by atoms with E-state index in [-0.39, 0.29) is 23.5 Å². The van der Waals surface area contributed by atoms with E-state index in [0.29, 0.717) is 12.1 Å². The summed E-state index contributed by atoms with van der Waals surface area (Å²) in [4.78, 5) is 14.8. The Bertz CT molecular complexity index is 960. The summed E-state index contributed by atoms with van der Waals surface area (Å²) < 4.78 is 31.0. The van der Waals surface area contributed by atoms with Gasteiger partial charge in [0.1, 0.15) is 5.75 Å².